The molecular weight excluding hydrogens is 326 g/mol. The molecular formula is C12H21N5O7. The van der Waals surface area contributed by atoms with E-state index in [9.17, 15) is 24.0 Å². The molecule has 0 aliphatic rings. The van der Waals surface area contributed by atoms with Crippen molar-refractivity contribution in [1.82, 2.24) is 21.3 Å². The van der Waals surface area contributed by atoms with Crippen LogP contribution in [0.5, 0.6) is 0 Å². The summed E-state index contributed by atoms with van der Waals surface area (Å²) in [5.41, 5.74) is 5.03. The predicted molar refractivity (Wildman–Crippen MR) is 79.3 cm³/mol. The van der Waals surface area contributed by atoms with Gasteiger partial charge in [0.15, 0.2) is 0 Å². The number of carboxylic acids is 1. The molecule has 0 fully saturated rings. The van der Waals surface area contributed by atoms with Crippen molar-refractivity contribution in [2.45, 2.75) is 19.0 Å². The second kappa shape index (κ2) is 10.9. The van der Waals surface area contributed by atoms with Gasteiger partial charge in [0, 0.05) is 0 Å². The fourth-order valence-electron chi connectivity index (χ4n) is 1.34. The molecule has 0 saturated carbocycles. The van der Waals surface area contributed by atoms with Gasteiger partial charge < -0.3 is 37.2 Å². The maximum atomic E-state index is 11.7. The number of nitrogens with two attached hydrogens (primary N) is 1. The Labute approximate surface area is 137 Å². The van der Waals surface area contributed by atoms with Crippen LogP contribution >= 0.6 is 0 Å². The molecule has 0 heterocycles. The lowest BCUT2D eigenvalue weighted by atomic mass is 10.2. The van der Waals surface area contributed by atoms with Crippen LogP contribution in [0.15, 0.2) is 0 Å². The average Bonchev–Trinajstić information content (AvgIpc) is 2.54. The van der Waals surface area contributed by atoms with Crippen molar-refractivity contribution in [3.63, 3.8) is 0 Å². The monoisotopic (exact) mass is 347 g/mol. The zero-order valence-corrected chi connectivity index (χ0v) is 13.0. The maximum Gasteiger partial charge on any atom is 0.325 e. The fourth-order valence-corrected chi connectivity index (χ4v) is 1.34. The molecule has 8 N–H and O–H groups in total. The van der Waals surface area contributed by atoms with E-state index in [1.165, 1.54) is 6.92 Å². The lowest BCUT2D eigenvalue weighted by Crippen LogP contribution is -2.53. The molecule has 12 heteroatoms. The van der Waals surface area contributed by atoms with Crippen LogP contribution in [0.3, 0.4) is 0 Å². The van der Waals surface area contributed by atoms with Crippen molar-refractivity contribution < 1.29 is 34.2 Å². The van der Waals surface area contributed by atoms with Gasteiger partial charge in [0.05, 0.1) is 26.2 Å². The molecule has 0 rings (SSSR count). The van der Waals surface area contributed by atoms with Gasteiger partial charge in [0.2, 0.25) is 23.6 Å². The number of carbonyl (C=O) groups is 5. The highest BCUT2D eigenvalue weighted by Crippen LogP contribution is 1.85. The Hall–Kier alpha value is -2.73. The number of hydrogen-bond donors (Lipinski definition) is 7. The van der Waals surface area contributed by atoms with Crippen molar-refractivity contribution in [3.8, 4) is 0 Å². The van der Waals surface area contributed by atoms with Crippen LogP contribution in [0, 0.1) is 0 Å². The van der Waals surface area contributed by atoms with Crippen molar-refractivity contribution in [2.24, 2.45) is 5.73 Å². The minimum Gasteiger partial charge on any atom is -0.480 e. The van der Waals surface area contributed by atoms with Crippen LogP contribution in [-0.2, 0) is 24.0 Å². The summed E-state index contributed by atoms with van der Waals surface area (Å²) in [6.45, 7) is -0.770. The Morgan fingerprint density at radius 2 is 1.50 bits per heavy atom. The molecule has 136 valence electrons. The number of carbonyl (C=O) groups excluding carboxylic acids is 4. The highest BCUT2D eigenvalue weighted by molar-refractivity contribution is 5.92. The molecule has 0 aliphatic heterocycles. The third-order valence-corrected chi connectivity index (χ3v) is 2.64. The van der Waals surface area contributed by atoms with Crippen molar-refractivity contribution >= 4 is 29.6 Å². The maximum absolute atomic E-state index is 11.7. The summed E-state index contributed by atoms with van der Waals surface area (Å²) in [7, 11) is 0. The largest absolute Gasteiger partial charge is 0.480 e. The van der Waals surface area contributed by atoms with E-state index in [2.05, 4.69) is 21.3 Å². The van der Waals surface area contributed by atoms with Gasteiger partial charge in [0.1, 0.15) is 12.1 Å². The molecule has 0 saturated heterocycles. The first-order valence-corrected chi connectivity index (χ1v) is 6.88. The summed E-state index contributed by atoms with van der Waals surface area (Å²) in [6.07, 6.45) is 0. The smallest absolute Gasteiger partial charge is 0.325 e. The fraction of sp³-hybridized carbons (Fsp3) is 0.583. The number of nitrogens with one attached hydrogen (secondary N) is 4. The Bertz CT molecular complexity index is 496. The summed E-state index contributed by atoms with van der Waals surface area (Å²) >= 11 is 0. The molecule has 4 amide bonds. The summed E-state index contributed by atoms with van der Waals surface area (Å²) in [5.74, 6) is -4.16. The summed E-state index contributed by atoms with van der Waals surface area (Å²) in [4.78, 5) is 56.1. The third-order valence-electron chi connectivity index (χ3n) is 2.64. The Balaban J connectivity index is 4.29. The van der Waals surface area contributed by atoms with Crippen LogP contribution in [-0.4, -0.2) is 78.1 Å². The van der Waals surface area contributed by atoms with Crippen molar-refractivity contribution in [3.05, 3.63) is 0 Å². The van der Waals surface area contributed by atoms with E-state index in [0.717, 1.165) is 0 Å². The number of carboxylic acid groups (broad SMARTS) is 1. The highest BCUT2D eigenvalue weighted by atomic mass is 16.4. The van der Waals surface area contributed by atoms with E-state index in [1.54, 1.807) is 0 Å². The summed E-state index contributed by atoms with van der Waals surface area (Å²) in [6, 6.07) is -2.47. The molecule has 0 aliphatic carbocycles. The quantitative estimate of drug-likeness (QED) is 0.204. The number of amides is 4. The zero-order valence-electron chi connectivity index (χ0n) is 13.0. The number of hydrogen-bond acceptors (Lipinski definition) is 7. The molecule has 0 aromatic rings. The molecule has 2 atom stereocenters. The summed E-state index contributed by atoms with van der Waals surface area (Å²) in [5, 5.41) is 26.3. The van der Waals surface area contributed by atoms with E-state index >= 15 is 0 Å². The molecule has 0 aromatic heterocycles. The average molecular weight is 347 g/mol. The topological polar surface area (TPSA) is 200 Å². The Kier molecular flexibility index (Phi) is 9.67. The Morgan fingerprint density at radius 1 is 0.958 bits per heavy atom. The molecule has 24 heavy (non-hydrogen) atoms. The van der Waals surface area contributed by atoms with E-state index < -0.39 is 61.4 Å². The van der Waals surface area contributed by atoms with E-state index in [1.807, 2.05) is 0 Å². The van der Waals surface area contributed by atoms with Crippen molar-refractivity contribution in [1.29, 1.82) is 0 Å². The molecule has 0 spiro atoms. The number of rotatable bonds is 10. The van der Waals surface area contributed by atoms with Gasteiger partial charge in [0.25, 0.3) is 0 Å². The van der Waals surface area contributed by atoms with Crippen LogP contribution < -0.4 is 27.0 Å². The minimum atomic E-state index is -1.34. The number of aliphatic carboxylic acids is 1. The molecule has 0 aromatic carbocycles. The molecule has 0 radical (unpaired) electrons. The van der Waals surface area contributed by atoms with Crippen LogP contribution in [0.2, 0.25) is 0 Å². The first-order chi connectivity index (χ1) is 11.2. The van der Waals surface area contributed by atoms with Gasteiger partial charge in [-0.05, 0) is 6.92 Å². The van der Waals surface area contributed by atoms with Gasteiger partial charge >= 0.3 is 5.97 Å². The Morgan fingerprint density at radius 3 is 2.00 bits per heavy atom. The predicted octanol–water partition coefficient (Wildman–Crippen LogP) is -4.76. The van der Waals surface area contributed by atoms with Crippen LogP contribution in [0.1, 0.15) is 6.92 Å². The van der Waals surface area contributed by atoms with Gasteiger partial charge in [-0.1, -0.05) is 0 Å². The van der Waals surface area contributed by atoms with E-state index in [4.69, 9.17) is 15.9 Å². The van der Waals surface area contributed by atoms with Gasteiger partial charge in [-0.15, -0.1) is 0 Å². The number of aliphatic hydroxyl groups is 1. The SMILES string of the molecule is C[C@H](NC(=O)CNC(=O)[C@H](CO)NC(=O)CNC(=O)CN)C(=O)O. The zero-order chi connectivity index (χ0) is 18.7. The summed E-state index contributed by atoms with van der Waals surface area (Å²) < 4.78 is 0. The molecule has 0 unspecified atom stereocenters. The number of aliphatic hydroxyl groups excluding tert-OH is 1. The first-order valence-electron chi connectivity index (χ1n) is 6.88. The second-order valence-corrected chi connectivity index (χ2v) is 4.63. The highest BCUT2D eigenvalue weighted by Gasteiger charge is 2.21. The third kappa shape index (κ3) is 8.65. The molecule has 0 bridgehead atoms. The van der Waals surface area contributed by atoms with E-state index in [0.29, 0.717) is 0 Å². The standard InChI is InChI=1S/C12H21N5O7/c1-6(12(23)24)16-9(20)4-15-11(22)7(5-18)17-10(21)3-14-8(19)2-13/h6-7,18H,2-5,13H2,1H3,(H,14,19)(H,15,22)(H,16,20)(H,17,21)(H,23,24)/t6-,7-/m0/s1. The molecule has 12 nitrogen and oxygen atoms in total. The van der Waals surface area contributed by atoms with Gasteiger partial charge in [-0.2, -0.15) is 0 Å². The minimum absolute atomic E-state index is 0.304. The van der Waals surface area contributed by atoms with Gasteiger partial charge in [-0.25, -0.2) is 0 Å². The van der Waals surface area contributed by atoms with Gasteiger partial charge in [-0.3, -0.25) is 24.0 Å². The lowest BCUT2D eigenvalue weighted by Gasteiger charge is -2.16. The van der Waals surface area contributed by atoms with Crippen molar-refractivity contribution in [2.75, 3.05) is 26.2 Å². The normalized spacial score (nSPS) is 12.5. The van der Waals surface area contributed by atoms with Crippen LogP contribution in [0.4, 0.5) is 0 Å². The lowest BCUT2D eigenvalue weighted by molar-refractivity contribution is -0.141. The second-order valence-electron chi connectivity index (χ2n) is 4.63. The van der Waals surface area contributed by atoms with E-state index in [-0.39, 0.29) is 6.54 Å². The first kappa shape index (κ1) is 21.3. The van der Waals surface area contributed by atoms with Crippen LogP contribution in [0.25, 0.3) is 0 Å².